The summed E-state index contributed by atoms with van der Waals surface area (Å²) in [6, 6.07) is 12.5. The van der Waals surface area contributed by atoms with Crippen LogP contribution in [0.1, 0.15) is 11.1 Å². The van der Waals surface area contributed by atoms with Gasteiger partial charge in [-0.15, -0.1) is 0 Å². The van der Waals surface area contributed by atoms with Gasteiger partial charge in [0.1, 0.15) is 5.82 Å². The standard InChI is InChI=1S/C14H16N2/c1-10-7-8-12(11(2)9-10)13-5-4-6-14(15-3)16-13/h4-9H,1-3H3,(H,15,16). The molecule has 0 atom stereocenters. The lowest BCUT2D eigenvalue weighted by Gasteiger charge is -2.07. The highest BCUT2D eigenvalue weighted by Gasteiger charge is 2.03. The summed E-state index contributed by atoms with van der Waals surface area (Å²) < 4.78 is 0. The van der Waals surface area contributed by atoms with Crippen LogP contribution in [0.3, 0.4) is 0 Å². The Kier molecular flexibility index (Phi) is 2.91. The Bertz CT molecular complexity index is 504. The number of nitrogens with one attached hydrogen (secondary N) is 1. The lowest BCUT2D eigenvalue weighted by molar-refractivity contribution is 1.27. The molecule has 0 aliphatic carbocycles. The zero-order chi connectivity index (χ0) is 11.5. The van der Waals surface area contributed by atoms with E-state index in [4.69, 9.17) is 0 Å². The van der Waals surface area contributed by atoms with Gasteiger partial charge in [-0.05, 0) is 31.5 Å². The average molecular weight is 212 g/mol. The lowest BCUT2D eigenvalue weighted by Crippen LogP contribution is -1.94. The molecule has 0 unspecified atom stereocenters. The fourth-order valence-electron chi connectivity index (χ4n) is 1.82. The number of nitrogens with zero attached hydrogens (tertiary/aromatic N) is 1. The molecule has 0 bridgehead atoms. The van der Waals surface area contributed by atoms with Crippen LogP contribution < -0.4 is 5.32 Å². The Hall–Kier alpha value is -1.83. The number of anilines is 1. The summed E-state index contributed by atoms with van der Waals surface area (Å²) in [6.45, 7) is 4.23. The minimum absolute atomic E-state index is 0.900. The van der Waals surface area contributed by atoms with Crippen molar-refractivity contribution in [3.63, 3.8) is 0 Å². The van der Waals surface area contributed by atoms with Gasteiger partial charge in [0.25, 0.3) is 0 Å². The molecule has 0 aliphatic heterocycles. The van der Waals surface area contributed by atoms with Crippen LogP contribution in [-0.2, 0) is 0 Å². The smallest absolute Gasteiger partial charge is 0.126 e. The number of aromatic nitrogens is 1. The molecular weight excluding hydrogens is 196 g/mol. The van der Waals surface area contributed by atoms with E-state index in [2.05, 4.69) is 42.3 Å². The zero-order valence-corrected chi connectivity index (χ0v) is 9.91. The number of hydrogen-bond donors (Lipinski definition) is 1. The fourth-order valence-corrected chi connectivity index (χ4v) is 1.82. The predicted octanol–water partition coefficient (Wildman–Crippen LogP) is 3.41. The Morgan fingerprint density at radius 3 is 2.56 bits per heavy atom. The van der Waals surface area contributed by atoms with E-state index >= 15 is 0 Å². The van der Waals surface area contributed by atoms with E-state index in [0.717, 1.165) is 11.5 Å². The van der Waals surface area contributed by atoms with Crippen LogP contribution in [0.25, 0.3) is 11.3 Å². The van der Waals surface area contributed by atoms with Crippen molar-refractivity contribution < 1.29 is 0 Å². The van der Waals surface area contributed by atoms with Crippen LogP contribution in [0.5, 0.6) is 0 Å². The largest absolute Gasteiger partial charge is 0.373 e. The van der Waals surface area contributed by atoms with Gasteiger partial charge >= 0.3 is 0 Å². The third-order valence-corrected chi connectivity index (χ3v) is 2.66. The van der Waals surface area contributed by atoms with E-state index in [1.807, 2.05) is 25.2 Å². The first-order valence-electron chi connectivity index (χ1n) is 5.43. The molecule has 82 valence electrons. The summed E-state index contributed by atoms with van der Waals surface area (Å²) in [6.07, 6.45) is 0. The van der Waals surface area contributed by atoms with E-state index in [0.29, 0.717) is 0 Å². The minimum atomic E-state index is 0.900. The normalized spacial score (nSPS) is 10.2. The summed E-state index contributed by atoms with van der Waals surface area (Å²) in [5.41, 5.74) is 4.76. The molecule has 2 rings (SSSR count). The van der Waals surface area contributed by atoms with Crippen molar-refractivity contribution in [3.8, 4) is 11.3 Å². The Morgan fingerprint density at radius 2 is 1.88 bits per heavy atom. The molecule has 0 saturated carbocycles. The minimum Gasteiger partial charge on any atom is -0.373 e. The van der Waals surface area contributed by atoms with Crippen LogP contribution in [0.15, 0.2) is 36.4 Å². The van der Waals surface area contributed by atoms with Crippen LogP contribution in [0.2, 0.25) is 0 Å². The number of benzene rings is 1. The molecule has 0 radical (unpaired) electrons. The number of hydrogen-bond acceptors (Lipinski definition) is 2. The highest BCUT2D eigenvalue weighted by molar-refractivity contribution is 5.65. The summed E-state index contributed by atoms with van der Waals surface area (Å²) >= 11 is 0. The zero-order valence-electron chi connectivity index (χ0n) is 9.91. The van der Waals surface area contributed by atoms with Crippen molar-refractivity contribution in [2.75, 3.05) is 12.4 Å². The van der Waals surface area contributed by atoms with Gasteiger partial charge < -0.3 is 5.32 Å². The molecule has 0 spiro atoms. The second kappa shape index (κ2) is 4.35. The van der Waals surface area contributed by atoms with Crippen LogP contribution >= 0.6 is 0 Å². The number of aryl methyl sites for hydroxylation is 2. The molecular formula is C14H16N2. The van der Waals surface area contributed by atoms with Crippen LogP contribution in [0.4, 0.5) is 5.82 Å². The van der Waals surface area contributed by atoms with Crippen LogP contribution in [-0.4, -0.2) is 12.0 Å². The molecule has 16 heavy (non-hydrogen) atoms. The molecule has 2 aromatic rings. The van der Waals surface area contributed by atoms with Crippen molar-refractivity contribution >= 4 is 5.82 Å². The van der Waals surface area contributed by atoms with Gasteiger partial charge in [-0.2, -0.15) is 0 Å². The molecule has 2 nitrogen and oxygen atoms in total. The van der Waals surface area contributed by atoms with E-state index in [-0.39, 0.29) is 0 Å². The monoisotopic (exact) mass is 212 g/mol. The molecule has 1 aromatic heterocycles. The molecule has 1 aromatic carbocycles. The van der Waals surface area contributed by atoms with Gasteiger partial charge in [0.05, 0.1) is 5.69 Å². The first-order chi connectivity index (χ1) is 7.70. The summed E-state index contributed by atoms with van der Waals surface area (Å²) in [7, 11) is 1.88. The van der Waals surface area contributed by atoms with Crippen molar-refractivity contribution in [2.24, 2.45) is 0 Å². The van der Waals surface area contributed by atoms with Gasteiger partial charge in [0.15, 0.2) is 0 Å². The average Bonchev–Trinajstić information content (AvgIpc) is 2.29. The maximum atomic E-state index is 4.54. The van der Waals surface area contributed by atoms with Crippen LogP contribution in [0, 0.1) is 13.8 Å². The van der Waals surface area contributed by atoms with Gasteiger partial charge in [0, 0.05) is 12.6 Å². The fraction of sp³-hybridized carbons (Fsp3) is 0.214. The molecule has 0 saturated heterocycles. The number of rotatable bonds is 2. The van der Waals surface area contributed by atoms with E-state index in [1.54, 1.807) is 0 Å². The third-order valence-electron chi connectivity index (χ3n) is 2.66. The molecule has 0 fully saturated rings. The Balaban J connectivity index is 2.49. The van der Waals surface area contributed by atoms with E-state index < -0.39 is 0 Å². The lowest BCUT2D eigenvalue weighted by atomic mass is 10.0. The quantitative estimate of drug-likeness (QED) is 0.825. The molecule has 0 aliphatic rings. The maximum absolute atomic E-state index is 4.54. The second-order valence-corrected chi connectivity index (χ2v) is 3.98. The highest BCUT2D eigenvalue weighted by atomic mass is 15.0. The molecule has 0 amide bonds. The SMILES string of the molecule is CNc1cccc(-c2ccc(C)cc2C)n1. The first kappa shape index (κ1) is 10.7. The van der Waals surface area contributed by atoms with E-state index in [1.165, 1.54) is 16.7 Å². The van der Waals surface area contributed by atoms with Crippen molar-refractivity contribution in [3.05, 3.63) is 47.5 Å². The Morgan fingerprint density at radius 1 is 1.06 bits per heavy atom. The summed E-state index contributed by atoms with van der Waals surface area (Å²) in [4.78, 5) is 4.54. The Labute approximate surface area is 96.4 Å². The van der Waals surface area contributed by atoms with Gasteiger partial charge in [-0.1, -0.05) is 29.8 Å². The highest BCUT2D eigenvalue weighted by Crippen LogP contribution is 2.23. The summed E-state index contributed by atoms with van der Waals surface area (Å²) in [5, 5.41) is 3.06. The molecule has 1 heterocycles. The predicted molar refractivity (Wildman–Crippen MR) is 68.7 cm³/mol. The first-order valence-corrected chi connectivity index (χ1v) is 5.43. The number of pyridine rings is 1. The summed E-state index contributed by atoms with van der Waals surface area (Å²) in [5.74, 6) is 0.900. The van der Waals surface area contributed by atoms with Gasteiger partial charge in [-0.25, -0.2) is 4.98 Å². The van der Waals surface area contributed by atoms with Gasteiger partial charge in [0.2, 0.25) is 0 Å². The second-order valence-electron chi connectivity index (χ2n) is 3.98. The van der Waals surface area contributed by atoms with Crippen molar-refractivity contribution in [2.45, 2.75) is 13.8 Å². The van der Waals surface area contributed by atoms with E-state index in [9.17, 15) is 0 Å². The van der Waals surface area contributed by atoms with Crippen molar-refractivity contribution in [1.29, 1.82) is 0 Å². The topological polar surface area (TPSA) is 24.9 Å². The maximum Gasteiger partial charge on any atom is 0.126 e. The van der Waals surface area contributed by atoms with Crippen molar-refractivity contribution in [1.82, 2.24) is 4.98 Å². The molecule has 1 N–H and O–H groups in total. The molecule has 2 heteroatoms. The third kappa shape index (κ3) is 2.06. The van der Waals surface area contributed by atoms with Gasteiger partial charge in [-0.3, -0.25) is 0 Å².